The van der Waals surface area contributed by atoms with E-state index < -0.39 is 17.4 Å². The van der Waals surface area contributed by atoms with Gasteiger partial charge in [-0.05, 0) is 12.8 Å². The fourth-order valence-corrected chi connectivity index (χ4v) is 1.69. The van der Waals surface area contributed by atoms with E-state index in [0.717, 1.165) is 25.7 Å². The smallest absolute Gasteiger partial charge is 0.223 e. The Morgan fingerprint density at radius 3 is 2.36 bits per heavy atom. The summed E-state index contributed by atoms with van der Waals surface area (Å²) in [5.74, 6) is -0.792. The molecule has 11 heavy (non-hydrogen) atoms. The molecule has 0 aromatic heterocycles. The minimum absolute atomic E-state index is 0.394. The number of carbonyl (C=O) groups excluding carboxylic acids is 1. The molecule has 0 saturated heterocycles. The number of carbonyl (C=O) groups is 1. The first-order chi connectivity index (χ1) is 5.06. The number of hydrogen-bond acceptors (Lipinski definition) is 2. The highest BCUT2D eigenvalue weighted by Crippen LogP contribution is 2.35. The number of aliphatic hydroxyl groups is 1. The molecular formula is C8H15NO2. The van der Waals surface area contributed by atoms with Crippen molar-refractivity contribution in [1.29, 1.82) is 0 Å². The Morgan fingerprint density at radius 1 is 1.55 bits per heavy atom. The second kappa shape index (κ2) is 2.81. The Bertz CT molecular complexity index is 161. The molecule has 3 heteroatoms. The van der Waals surface area contributed by atoms with Gasteiger partial charge in [0.2, 0.25) is 5.91 Å². The highest BCUT2D eigenvalue weighted by molar-refractivity contribution is 5.77. The molecule has 0 aliphatic heterocycles. The first-order valence-electron chi connectivity index (χ1n) is 4.08. The maximum atomic E-state index is 10.8. The van der Waals surface area contributed by atoms with Crippen LogP contribution in [-0.4, -0.2) is 16.6 Å². The lowest BCUT2D eigenvalue weighted by atomic mass is 9.87. The molecule has 0 aromatic carbocycles. The topological polar surface area (TPSA) is 63.3 Å². The number of nitrogens with two attached hydrogens (primary N) is 1. The predicted octanol–water partition coefficient (Wildman–Crippen LogP) is 0.413. The van der Waals surface area contributed by atoms with Crippen LogP contribution in [0.3, 0.4) is 0 Å². The first-order valence-corrected chi connectivity index (χ1v) is 4.08. The highest BCUT2D eigenvalue weighted by atomic mass is 16.3. The van der Waals surface area contributed by atoms with Crippen molar-refractivity contribution in [1.82, 2.24) is 0 Å². The number of hydrogen-bond donors (Lipinski definition) is 2. The molecule has 1 amide bonds. The van der Waals surface area contributed by atoms with Gasteiger partial charge in [-0.3, -0.25) is 4.79 Å². The zero-order valence-corrected chi connectivity index (χ0v) is 6.84. The number of amides is 1. The normalized spacial score (nSPS) is 24.9. The van der Waals surface area contributed by atoms with Crippen LogP contribution in [0, 0.1) is 5.92 Å². The SMILES string of the molecule is CC(C(N)=O)C1(O)CCCC1. The number of primary amides is 1. The summed E-state index contributed by atoms with van der Waals surface area (Å²) >= 11 is 0. The molecular weight excluding hydrogens is 142 g/mol. The largest absolute Gasteiger partial charge is 0.389 e. The Morgan fingerprint density at radius 2 is 2.00 bits per heavy atom. The summed E-state index contributed by atoms with van der Waals surface area (Å²) in [4.78, 5) is 10.8. The van der Waals surface area contributed by atoms with Gasteiger partial charge in [0.25, 0.3) is 0 Å². The molecule has 0 spiro atoms. The lowest BCUT2D eigenvalue weighted by Gasteiger charge is -2.26. The van der Waals surface area contributed by atoms with Crippen molar-refractivity contribution in [2.75, 3.05) is 0 Å². The molecule has 1 aliphatic rings. The van der Waals surface area contributed by atoms with E-state index >= 15 is 0 Å². The van der Waals surface area contributed by atoms with E-state index in [2.05, 4.69) is 0 Å². The molecule has 3 N–H and O–H groups in total. The molecule has 1 rings (SSSR count). The van der Waals surface area contributed by atoms with Crippen molar-refractivity contribution in [2.45, 2.75) is 38.2 Å². The molecule has 0 heterocycles. The second-order valence-electron chi connectivity index (χ2n) is 3.43. The molecule has 3 nitrogen and oxygen atoms in total. The molecule has 1 atom stereocenters. The third kappa shape index (κ3) is 1.53. The van der Waals surface area contributed by atoms with Gasteiger partial charge in [0.1, 0.15) is 0 Å². The first kappa shape index (κ1) is 8.53. The molecule has 0 radical (unpaired) electrons. The quantitative estimate of drug-likeness (QED) is 0.610. The maximum Gasteiger partial charge on any atom is 0.223 e. The van der Waals surface area contributed by atoms with Gasteiger partial charge in [-0.25, -0.2) is 0 Å². The van der Waals surface area contributed by atoms with Gasteiger partial charge in [-0.1, -0.05) is 19.8 Å². The summed E-state index contributed by atoms with van der Waals surface area (Å²) < 4.78 is 0. The van der Waals surface area contributed by atoms with Crippen LogP contribution in [0.4, 0.5) is 0 Å². The second-order valence-corrected chi connectivity index (χ2v) is 3.43. The third-order valence-corrected chi connectivity index (χ3v) is 2.70. The van der Waals surface area contributed by atoms with Crippen molar-refractivity contribution >= 4 is 5.91 Å². The molecule has 1 fully saturated rings. The van der Waals surface area contributed by atoms with Crippen molar-refractivity contribution in [3.63, 3.8) is 0 Å². The van der Waals surface area contributed by atoms with Crippen LogP contribution in [0.2, 0.25) is 0 Å². The minimum atomic E-state index is -0.800. The van der Waals surface area contributed by atoms with E-state index in [-0.39, 0.29) is 0 Å². The fraction of sp³-hybridized carbons (Fsp3) is 0.875. The predicted molar refractivity (Wildman–Crippen MR) is 41.8 cm³/mol. The van der Waals surface area contributed by atoms with Crippen molar-refractivity contribution < 1.29 is 9.90 Å². The lowest BCUT2D eigenvalue weighted by Crippen LogP contribution is -2.41. The van der Waals surface area contributed by atoms with Gasteiger partial charge in [0, 0.05) is 0 Å². The van der Waals surface area contributed by atoms with Crippen LogP contribution >= 0.6 is 0 Å². The zero-order chi connectivity index (χ0) is 8.48. The van der Waals surface area contributed by atoms with Crippen LogP contribution in [0.25, 0.3) is 0 Å². The minimum Gasteiger partial charge on any atom is -0.389 e. The van der Waals surface area contributed by atoms with E-state index in [1.54, 1.807) is 6.92 Å². The van der Waals surface area contributed by atoms with Gasteiger partial charge >= 0.3 is 0 Å². The average Bonchev–Trinajstić information content (AvgIpc) is 2.35. The van der Waals surface area contributed by atoms with Crippen molar-refractivity contribution in [3.05, 3.63) is 0 Å². The maximum absolute atomic E-state index is 10.8. The Hall–Kier alpha value is -0.570. The van der Waals surface area contributed by atoms with Crippen LogP contribution in [0.5, 0.6) is 0 Å². The summed E-state index contributed by atoms with van der Waals surface area (Å²) in [6.07, 6.45) is 3.45. The summed E-state index contributed by atoms with van der Waals surface area (Å²) in [5.41, 5.74) is 4.30. The van der Waals surface area contributed by atoms with Gasteiger partial charge in [-0.15, -0.1) is 0 Å². The van der Waals surface area contributed by atoms with Crippen LogP contribution in [0.1, 0.15) is 32.6 Å². The summed E-state index contributed by atoms with van der Waals surface area (Å²) in [7, 11) is 0. The van der Waals surface area contributed by atoms with E-state index in [1.165, 1.54) is 0 Å². The fourth-order valence-electron chi connectivity index (χ4n) is 1.69. The van der Waals surface area contributed by atoms with Gasteiger partial charge in [0.05, 0.1) is 11.5 Å². The van der Waals surface area contributed by atoms with E-state index in [0.29, 0.717) is 0 Å². The van der Waals surface area contributed by atoms with Crippen LogP contribution in [0.15, 0.2) is 0 Å². The average molecular weight is 157 g/mol. The monoisotopic (exact) mass is 157 g/mol. The zero-order valence-electron chi connectivity index (χ0n) is 6.84. The van der Waals surface area contributed by atoms with Crippen molar-refractivity contribution in [2.24, 2.45) is 11.7 Å². The summed E-state index contributed by atoms with van der Waals surface area (Å²) in [6, 6.07) is 0. The molecule has 64 valence electrons. The van der Waals surface area contributed by atoms with Crippen molar-refractivity contribution in [3.8, 4) is 0 Å². The molecule has 1 unspecified atom stereocenters. The molecule has 0 aromatic rings. The van der Waals surface area contributed by atoms with E-state index in [9.17, 15) is 9.90 Å². The standard InChI is InChI=1S/C8H15NO2/c1-6(7(9)10)8(11)4-2-3-5-8/h6,11H,2-5H2,1H3,(H2,9,10). The lowest BCUT2D eigenvalue weighted by molar-refractivity contribution is -0.129. The van der Waals surface area contributed by atoms with E-state index in [4.69, 9.17) is 5.73 Å². The summed E-state index contributed by atoms with van der Waals surface area (Å²) in [5, 5.41) is 9.83. The molecule has 1 saturated carbocycles. The number of rotatable bonds is 2. The van der Waals surface area contributed by atoms with Gasteiger partial charge in [0.15, 0.2) is 0 Å². The molecule has 0 bridgehead atoms. The Balaban J connectivity index is 2.63. The summed E-state index contributed by atoms with van der Waals surface area (Å²) in [6.45, 7) is 1.70. The van der Waals surface area contributed by atoms with Gasteiger partial charge < -0.3 is 10.8 Å². The Kier molecular flexibility index (Phi) is 2.18. The van der Waals surface area contributed by atoms with Crippen LogP contribution in [-0.2, 0) is 4.79 Å². The van der Waals surface area contributed by atoms with E-state index in [1.807, 2.05) is 0 Å². The van der Waals surface area contributed by atoms with Gasteiger partial charge in [-0.2, -0.15) is 0 Å². The molecule has 1 aliphatic carbocycles. The van der Waals surface area contributed by atoms with Crippen LogP contribution < -0.4 is 5.73 Å². The highest BCUT2D eigenvalue weighted by Gasteiger charge is 2.39. The third-order valence-electron chi connectivity index (χ3n) is 2.70. The Labute approximate surface area is 66.6 Å².